The fourth-order valence-electron chi connectivity index (χ4n) is 1.86. The van der Waals surface area contributed by atoms with E-state index in [1.165, 1.54) is 6.07 Å². The second-order valence-corrected chi connectivity index (χ2v) is 6.40. The van der Waals surface area contributed by atoms with Crippen LogP contribution in [0.25, 0.3) is 11.3 Å². The van der Waals surface area contributed by atoms with Crippen molar-refractivity contribution in [3.63, 3.8) is 0 Å². The molecule has 1 aromatic heterocycles. The molecule has 0 unspecified atom stereocenters. The summed E-state index contributed by atoms with van der Waals surface area (Å²) in [6, 6.07) is 4.78. The molecule has 1 heterocycles. The number of carboxylic acids is 1. The zero-order chi connectivity index (χ0) is 15.1. The summed E-state index contributed by atoms with van der Waals surface area (Å²) in [7, 11) is 0. The van der Waals surface area contributed by atoms with Crippen molar-refractivity contribution in [2.24, 2.45) is 0 Å². The van der Waals surface area contributed by atoms with Crippen molar-refractivity contribution in [2.75, 3.05) is 0 Å². The molecule has 20 heavy (non-hydrogen) atoms. The van der Waals surface area contributed by atoms with Gasteiger partial charge in [0.1, 0.15) is 5.75 Å². The van der Waals surface area contributed by atoms with Crippen molar-refractivity contribution >= 4 is 21.9 Å². The van der Waals surface area contributed by atoms with Gasteiger partial charge in [-0.05, 0) is 17.5 Å². The van der Waals surface area contributed by atoms with Gasteiger partial charge in [0.15, 0.2) is 11.5 Å². The Kier molecular flexibility index (Phi) is 3.60. The van der Waals surface area contributed by atoms with Gasteiger partial charge < -0.3 is 14.7 Å². The number of carboxylic acid groups (broad SMARTS) is 1. The molecule has 2 N–H and O–H groups in total. The van der Waals surface area contributed by atoms with Crippen LogP contribution in [0.1, 0.15) is 36.8 Å². The van der Waals surface area contributed by atoms with Crippen molar-refractivity contribution in [3.05, 3.63) is 33.9 Å². The zero-order valence-electron chi connectivity index (χ0n) is 11.3. The zero-order valence-corrected chi connectivity index (χ0v) is 12.9. The number of phenolic OH excluding ortho intramolecular Hbond substituents is 1. The summed E-state index contributed by atoms with van der Waals surface area (Å²) in [6.07, 6.45) is 0. The van der Waals surface area contributed by atoms with Crippen LogP contribution in [0.4, 0.5) is 0 Å². The van der Waals surface area contributed by atoms with Gasteiger partial charge in [0.25, 0.3) is 0 Å². The molecule has 0 aliphatic rings. The minimum absolute atomic E-state index is 0.0637. The fourth-order valence-corrected chi connectivity index (χ4v) is 2.32. The third kappa shape index (κ3) is 2.70. The number of rotatable bonds is 2. The van der Waals surface area contributed by atoms with Crippen LogP contribution in [-0.2, 0) is 5.41 Å². The number of aromatic nitrogens is 1. The number of halogens is 1. The highest BCUT2D eigenvalue weighted by molar-refractivity contribution is 9.10. The molecule has 2 rings (SSSR count). The van der Waals surface area contributed by atoms with Crippen molar-refractivity contribution in [3.8, 4) is 17.1 Å². The summed E-state index contributed by atoms with van der Waals surface area (Å²) >= 11 is 3.38. The van der Waals surface area contributed by atoms with E-state index in [9.17, 15) is 9.90 Å². The highest BCUT2D eigenvalue weighted by Gasteiger charge is 2.23. The van der Waals surface area contributed by atoms with Crippen molar-refractivity contribution < 1.29 is 19.5 Å². The van der Waals surface area contributed by atoms with Gasteiger partial charge >= 0.3 is 5.97 Å². The van der Waals surface area contributed by atoms with Crippen LogP contribution in [0, 0.1) is 0 Å². The first-order chi connectivity index (χ1) is 9.20. The third-order valence-corrected chi connectivity index (χ3v) is 3.34. The summed E-state index contributed by atoms with van der Waals surface area (Å²) in [5.74, 6) is -0.897. The average Bonchev–Trinajstić information content (AvgIpc) is 2.79. The van der Waals surface area contributed by atoms with E-state index in [2.05, 4.69) is 21.1 Å². The van der Waals surface area contributed by atoms with Gasteiger partial charge in [0.05, 0.1) is 5.56 Å². The average molecular weight is 340 g/mol. The van der Waals surface area contributed by atoms with Crippen molar-refractivity contribution in [1.82, 2.24) is 5.16 Å². The Labute approximate surface area is 124 Å². The number of phenols is 1. The molecule has 0 aliphatic heterocycles. The molecule has 0 aliphatic carbocycles. The Morgan fingerprint density at radius 2 is 1.95 bits per heavy atom. The minimum atomic E-state index is -1.18. The van der Waals surface area contributed by atoms with Crippen molar-refractivity contribution in [1.29, 1.82) is 0 Å². The molecular weight excluding hydrogens is 326 g/mol. The third-order valence-electron chi connectivity index (χ3n) is 2.88. The minimum Gasteiger partial charge on any atom is -0.507 e. The molecule has 0 fully saturated rings. The molecule has 0 saturated carbocycles. The first-order valence-electron chi connectivity index (χ1n) is 5.93. The van der Waals surface area contributed by atoms with E-state index >= 15 is 0 Å². The standard InChI is InChI=1S/C14H14BrNO4/c1-14(2,3)9-5-7(15)4-8(12(9)17)11-6-10(13(18)19)16-20-11/h4-6,17H,1-3H3,(H,18,19). The number of benzene rings is 1. The maximum Gasteiger partial charge on any atom is 0.358 e. The van der Waals surface area contributed by atoms with E-state index in [0.29, 0.717) is 5.56 Å². The van der Waals surface area contributed by atoms with Crippen LogP contribution in [0.15, 0.2) is 27.2 Å². The SMILES string of the molecule is CC(C)(C)c1cc(Br)cc(-c2cc(C(=O)O)no2)c1O. The first kappa shape index (κ1) is 14.6. The van der Waals surface area contributed by atoms with Crippen LogP contribution >= 0.6 is 15.9 Å². The first-order valence-corrected chi connectivity index (χ1v) is 6.73. The van der Waals surface area contributed by atoms with E-state index in [-0.39, 0.29) is 22.6 Å². The molecule has 0 radical (unpaired) electrons. The van der Waals surface area contributed by atoms with Crippen LogP contribution in [0.2, 0.25) is 0 Å². The van der Waals surface area contributed by atoms with Gasteiger partial charge in [0, 0.05) is 16.1 Å². The lowest BCUT2D eigenvalue weighted by Gasteiger charge is -2.22. The Balaban J connectivity index is 2.62. The van der Waals surface area contributed by atoms with Gasteiger partial charge in [-0.3, -0.25) is 0 Å². The van der Waals surface area contributed by atoms with E-state index in [1.54, 1.807) is 6.07 Å². The van der Waals surface area contributed by atoms with E-state index in [0.717, 1.165) is 10.0 Å². The smallest absolute Gasteiger partial charge is 0.358 e. The molecule has 5 nitrogen and oxygen atoms in total. The summed E-state index contributed by atoms with van der Waals surface area (Å²) in [5.41, 5.74) is 0.675. The molecular formula is C14H14BrNO4. The lowest BCUT2D eigenvalue weighted by atomic mass is 9.85. The monoisotopic (exact) mass is 339 g/mol. The van der Waals surface area contributed by atoms with Crippen LogP contribution in [-0.4, -0.2) is 21.3 Å². The summed E-state index contributed by atoms with van der Waals surface area (Å²) in [6.45, 7) is 5.92. The lowest BCUT2D eigenvalue weighted by Crippen LogP contribution is -2.11. The summed E-state index contributed by atoms with van der Waals surface area (Å²) < 4.78 is 5.77. The van der Waals surface area contributed by atoms with Gasteiger partial charge in [-0.15, -0.1) is 0 Å². The van der Waals surface area contributed by atoms with Crippen LogP contribution in [0.5, 0.6) is 5.75 Å². The fraction of sp³-hybridized carbons (Fsp3) is 0.286. The molecule has 1 aromatic carbocycles. The van der Waals surface area contributed by atoms with E-state index in [4.69, 9.17) is 9.63 Å². The topological polar surface area (TPSA) is 83.6 Å². The molecule has 0 bridgehead atoms. The van der Waals surface area contributed by atoms with Crippen LogP contribution < -0.4 is 0 Å². The largest absolute Gasteiger partial charge is 0.507 e. The number of carbonyl (C=O) groups is 1. The van der Waals surface area contributed by atoms with E-state index < -0.39 is 5.97 Å². The molecule has 6 heteroatoms. The predicted molar refractivity (Wildman–Crippen MR) is 77.0 cm³/mol. The molecule has 0 spiro atoms. The molecule has 0 atom stereocenters. The Hall–Kier alpha value is -1.82. The number of hydrogen-bond donors (Lipinski definition) is 2. The normalized spacial score (nSPS) is 11.6. The summed E-state index contributed by atoms with van der Waals surface area (Å²) in [5, 5.41) is 22.7. The maximum atomic E-state index is 10.8. The Morgan fingerprint density at radius 3 is 2.45 bits per heavy atom. The van der Waals surface area contributed by atoms with Gasteiger partial charge in [-0.2, -0.15) is 0 Å². The number of hydrogen-bond acceptors (Lipinski definition) is 4. The van der Waals surface area contributed by atoms with Crippen molar-refractivity contribution in [2.45, 2.75) is 26.2 Å². The Bertz CT molecular complexity index is 670. The highest BCUT2D eigenvalue weighted by Crippen LogP contribution is 2.40. The molecule has 2 aromatic rings. The summed E-state index contributed by atoms with van der Waals surface area (Å²) in [4.78, 5) is 10.8. The maximum absolute atomic E-state index is 10.8. The highest BCUT2D eigenvalue weighted by atomic mass is 79.9. The quantitative estimate of drug-likeness (QED) is 0.869. The molecule has 106 valence electrons. The van der Waals surface area contributed by atoms with Crippen LogP contribution in [0.3, 0.4) is 0 Å². The number of aromatic carboxylic acids is 1. The Morgan fingerprint density at radius 1 is 1.30 bits per heavy atom. The van der Waals surface area contributed by atoms with Gasteiger partial charge in [0.2, 0.25) is 0 Å². The molecule has 0 amide bonds. The molecule has 0 saturated heterocycles. The lowest BCUT2D eigenvalue weighted by molar-refractivity contribution is 0.0686. The van der Waals surface area contributed by atoms with E-state index in [1.807, 2.05) is 26.8 Å². The second-order valence-electron chi connectivity index (χ2n) is 5.48. The predicted octanol–water partition coefficient (Wildman–Crippen LogP) is 3.81. The number of nitrogens with zero attached hydrogens (tertiary/aromatic N) is 1. The van der Waals surface area contributed by atoms with Gasteiger partial charge in [-0.1, -0.05) is 41.9 Å². The second kappa shape index (κ2) is 4.94. The van der Waals surface area contributed by atoms with Gasteiger partial charge in [-0.25, -0.2) is 4.79 Å². The number of aromatic hydroxyl groups is 1.